The molecule has 168 valence electrons. The highest BCUT2D eigenvalue weighted by atomic mass is 32.3. The van der Waals surface area contributed by atoms with Gasteiger partial charge in [-0.15, -0.1) is 3.63 Å². The highest BCUT2D eigenvalue weighted by Crippen LogP contribution is 2.33. The first-order valence-electron chi connectivity index (χ1n) is 9.74. The summed E-state index contributed by atoms with van der Waals surface area (Å²) in [7, 11) is -9.92. The van der Waals surface area contributed by atoms with Crippen molar-refractivity contribution in [1.29, 1.82) is 5.26 Å². The van der Waals surface area contributed by atoms with E-state index in [4.69, 9.17) is 4.55 Å². The van der Waals surface area contributed by atoms with Crippen molar-refractivity contribution in [1.82, 2.24) is 5.32 Å². The lowest BCUT2D eigenvalue weighted by atomic mass is 9.94. The van der Waals surface area contributed by atoms with Crippen LogP contribution >= 0.6 is 0 Å². The summed E-state index contributed by atoms with van der Waals surface area (Å²) in [4.78, 5) is -0.397. The molecule has 8 nitrogen and oxygen atoms in total. The number of nitriles is 1. The van der Waals surface area contributed by atoms with Gasteiger partial charge >= 0.3 is 20.5 Å². The molecule has 0 fully saturated rings. The first kappa shape index (κ1) is 22.8. The van der Waals surface area contributed by atoms with Crippen molar-refractivity contribution in [2.24, 2.45) is 0 Å². The Hall–Kier alpha value is -3.33. The summed E-state index contributed by atoms with van der Waals surface area (Å²) in [5.74, 6) is 0. The van der Waals surface area contributed by atoms with Crippen LogP contribution in [0.25, 0.3) is 12.2 Å². The number of benzene rings is 3. The van der Waals surface area contributed by atoms with Gasteiger partial charge < -0.3 is 5.32 Å². The van der Waals surface area contributed by atoms with Crippen molar-refractivity contribution in [3.8, 4) is 6.07 Å². The SMILES string of the molecule is N#Cc1cccc2c1C(c1ccc(C=Cc3ccccc3S(=O)(=O)OS(=O)(=O)O)cc1)NC2. The number of hydrogen-bond donors (Lipinski definition) is 2. The molecule has 1 aliphatic heterocycles. The Bertz CT molecular complexity index is 1490. The van der Waals surface area contributed by atoms with Gasteiger partial charge in [-0.3, -0.25) is 4.55 Å². The quantitative estimate of drug-likeness (QED) is 0.403. The summed E-state index contributed by atoms with van der Waals surface area (Å²) in [6.45, 7) is 0.675. The molecule has 3 aromatic rings. The van der Waals surface area contributed by atoms with Crippen molar-refractivity contribution in [3.63, 3.8) is 0 Å². The fourth-order valence-electron chi connectivity index (χ4n) is 3.79. The van der Waals surface area contributed by atoms with E-state index in [1.54, 1.807) is 18.2 Å². The second kappa shape index (κ2) is 8.90. The van der Waals surface area contributed by atoms with Gasteiger partial charge in [0, 0.05) is 6.54 Å². The van der Waals surface area contributed by atoms with E-state index < -0.39 is 25.4 Å². The lowest BCUT2D eigenvalue weighted by Crippen LogP contribution is -2.14. The molecular weight excluding hydrogens is 464 g/mol. The molecule has 0 saturated carbocycles. The number of nitrogens with one attached hydrogen (secondary N) is 1. The van der Waals surface area contributed by atoms with E-state index in [0.29, 0.717) is 12.1 Å². The minimum Gasteiger partial charge on any atom is -0.302 e. The summed E-state index contributed by atoms with van der Waals surface area (Å²) >= 11 is 0. The largest absolute Gasteiger partial charge is 0.412 e. The fourth-order valence-corrected chi connectivity index (χ4v) is 5.65. The Kier molecular flexibility index (Phi) is 6.16. The molecule has 1 atom stereocenters. The van der Waals surface area contributed by atoms with E-state index >= 15 is 0 Å². The Labute approximate surface area is 191 Å². The maximum atomic E-state index is 12.2. The zero-order valence-electron chi connectivity index (χ0n) is 17.0. The van der Waals surface area contributed by atoms with Crippen LogP contribution in [0.4, 0.5) is 0 Å². The average molecular weight is 483 g/mol. The number of rotatable bonds is 6. The molecule has 0 saturated heterocycles. The summed E-state index contributed by atoms with van der Waals surface area (Å²) in [6, 6.07) is 21.0. The third kappa shape index (κ3) is 5.03. The zero-order chi connectivity index (χ0) is 23.6. The molecule has 0 radical (unpaired) electrons. The van der Waals surface area contributed by atoms with Gasteiger partial charge in [0.2, 0.25) is 0 Å². The van der Waals surface area contributed by atoms with Gasteiger partial charge in [-0.1, -0.05) is 66.7 Å². The number of hydrogen-bond acceptors (Lipinski definition) is 7. The van der Waals surface area contributed by atoms with Gasteiger partial charge in [0.05, 0.1) is 17.7 Å². The van der Waals surface area contributed by atoms with Crippen LogP contribution in [0.15, 0.2) is 71.6 Å². The van der Waals surface area contributed by atoms with E-state index in [0.717, 1.165) is 22.3 Å². The molecule has 1 unspecified atom stereocenters. The Balaban J connectivity index is 1.59. The topological polar surface area (TPSA) is 134 Å². The molecule has 10 heteroatoms. The molecule has 4 rings (SSSR count). The Morgan fingerprint density at radius 1 is 0.970 bits per heavy atom. The highest BCUT2D eigenvalue weighted by molar-refractivity contribution is 7.97. The van der Waals surface area contributed by atoms with E-state index in [1.165, 1.54) is 24.3 Å². The predicted molar refractivity (Wildman–Crippen MR) is 121 cm³/mol. The fraction of sp³-hybridized carbons (Fsp3) is 0.0870. The van der Waals surface area contributed by atoms with Crippen LogP contribution in [0, 0.1) is 11.3 Å². The van der Waals surface area contributed by atoms with Gasteiger partial charge in [0.25, 0.3) is 0 Å². The van der Waals surface area contributed by atoms with Crippen LogP contribution in [-0.2, 0) is 30.7 Å². The molecule has 0 spiro atoms. The van der Waals surface area contributed by atoms with Crippen LogP contribution in [0.1, 0.15) is 39.4 Å². The van der Waals surface area contributed by atoms with Crippen LogP contribution < -0.4 is 5.32 Å². The highest BCUT2D eigenvalue weighted by Gasteiger charge is 2.26. The van der Waals surface area contributed by atoms with E-state index in [9.17, 15) is 22.1 Å². The van der Waals surface area contributed by atoms with Gasteiger partial charge in [-0.25, -0.2) is 0 Å². The van der Waals surface area contributed by atoms with Crippen LogP contribution in [0.2, 0.25) is 0 Å². The molecule has 33 heavy (non-hydrogen) atoms. The third-order valence-electron chi connectivity index (χ3n) is 5.19. The molecule has 3 aromatic carbocycles. The van der Waals surface area contributed by atoms with Gasteiger partial charge in [0.1, 0.15) is 4.90 Å². The lowest BCUT2D eigenvalue weighted by molar-refractivity contribution is 0.383. The normalized spacial score (nSPS) is 15.9. The van der Waals surface area contributed by atoms with E-state index in [2.05, 4.69) is 15.0 Å². The van der Waals surface area contributed by atoms with Gasteiger partial charge in [-0.2, -0.15) is 22.1 Å². The second-order valence-electron chi connectivity index (χ2n) is 7.29. The Morgan fingerprint density at radius 3 is 2.39 bits per heavy atom. The molecule has 1 aliphatic rings. The predicted octanol–water partition coefficient (Wildman–Crippen LogP) is 3.43. The van der Waals surface area contributed by atoms with Gasteiger partial charge in [-0.05, 0) is 39.9 Å². The van der Waals surface area contributed by atoms with E-state index in [-0.39, 0.29) is 11.6 Å². The standard InChI is InChI=1S/C23H18N2O6S2/c24-14-19-5-3-6-20-15-25-23(22(19)20)18-12-9-16(10-13-18)8-11-17-4-1-2-7-21(17)32(26,27)31-33(28,29)30/h1-13,23,25H,15H2,(H,28,29,30). The van der Waals surface area contributed by atoms with E-state index in [1.807, 2.05) is 36.4 Å². The molecule has 2 N–H and O–H groups in total. The molecule has 1 heterocycles. The lowest BCUT2D eigenvalue weighted by Gasteiger charge is -2.14. The monoisotopic (exact) mass is 482 g/mol. The maximum Gasteiger partial charge on any atom is 0.412 e. The van der Waals surface area contributed by atoms with Crippen LogP contribution in [0.3, 0.4) is 0 Å². The van der Waals surface area contributed by atoms with Crippen LogP contribution in [0.5, 0.6) is 0 Å². The first-order valence-corrected chi connectivity index (χ1v) is 12.5. The molecule has 0 aromatic heterocycles. The second-order valence-corrected chi connectivity index (χ2v) is 10.0. The summed E-state index contributed by atoms with van der Waals surface area (Å²) < 4.78 is 58.8. The molecule has 0 bridgehead atoms. The number of fused-ring (bicyclic) bond motifs is 1. The minimum atomic E-state index is -5.19. The summed E-state index contributed by atoms with van der Waals surface area (Å²) in [6.07, 6.45) is 3.18. The van der Waals surface area contributed by atoms with Crippen molar-refractivity contribution < 1.29 is 25.0 Å². The summed E-state index contributed by atoms with van der Waals surface area (Å²) in [5.41, 5.74) is 4.65. The third-order valence-corrected chi connectivity index (χ3v) is 7.51. The van der Waals surface area contributed by atoms with Crippen molar-refractivity contribution in [3.05, 3.63) is 100 Å². The summed E-state index contributed by atoms with van der Waals surface area (Å²) in [5, 5.41) is 12.9. The first-order chi connectivity index (χ1) is 15.7. The number of nitrogens with zero attached hydrogens (tertiary/aromatic N) is 1. The molecule has 0 aliphatic carbocycles. The minimum absolute atomic E-state index is 0.0997. The smallest absolute Gasteiger partial charge is 0.302 e. The zero-order valence-corrected chi connectivity index (χ0v) is 18.7. The molecule has 0 amide bonds. The maximum absolute atomic E-state index is 12.2. The molecular formula is C23H18N2O6S2. The van der Waals surface area contributed by atoms with Crippen molar-refractivity contribution in [2.75, 3.05) is 0 Å². The Morgan fingerprint density at radius 2 is 1.70 bits per heavy atom. The van der Waals surface area contributed by atoms with Gasteiger partial charge in [0.15, 0.2) is 0 Å². The average Bonchev–Trinajstić information content (AvgIpc) is 3.21. The van der Waals surface area contributed by atoms with Crippen LogP contribution in [-0.4, -0.2) is 21.4 Å². The van der Waals surface area contributed by atoms with Crippen molar-refractivity contribution >= 4 is 32.7 Å². The van der Waals surface area contributed by atoms with Crippen molar-refractivity contribution in [2.45, 2.75) is 17.5 Å².